The van der Waals surface area contributed by atoms with Gasteiger partial charge >= 0.3 is 0 Å². The van der Waals surface area contributed by atoms with Crippen LogP contribution in [0.25, 0.3) is 0 Å². The maximum absolute atomic E-state index is 5.62. The molecular formula is C23H44N2. The maximum Gasteiger partial charge on any atom is 0.0372 e. The van der Waals surface area contributed by atoms with Crippen LogP contribution in [0.4, 0.5) is 0 Å². The third-order valence-electron chi connectivity index (χ3n) is 5.37. The molecule has 0 amide bonds. The molecule has 2 N–H and O–H groups in total. The van der Waals surface area contributed by atoms with Crippen LogP contribution < -0.4 is 5.73 Å². The Balaban J connectivity index is 0.000000472. The molecule has 0 aliphatic heterocycles. The highest BCUT2D eigenvalue weighted by Crippen LogP contribution is 2.29. The number of hydrogen-bond donors (Lipinski definition) is 1. The summed E-state index contributed by atoms with van der Waals surface area (Å²) in [6, 6.07) is 4.24. The summed E-state index contributed by atoms with van der Waals surface area (Å²) in [6.45, 7) is 14.4. The second-order valence-electron chi connectivity index (χ2n) is 7.66. The van der Waals surface area contributed by atoms with Crippen molar-refractivity contribution in [3.05, 3.63) is 29.6 Å². The number of pyridine rings is 1. The van der Waals surface area contributed by atoms with Crippen LogP contribution in [0.15, 0.2) is 18.3 Å². The first kappa shape index (κ1) is 24.1. The summed E-state index contributed by atoms with van der Waals surface area (Å²) >= 11 is 0. The Morgan fingerprint density at radius 2 is 1.60 bits per heavy atom. The van der Waals surface area contributed by atoms with E-state index < -0.39 is 0 Å². The van der Waals surface area contributed by atoms with E-state index in [0.717, 1.165) is 30.0 Å². The summed E-state index contributed by atoms with van der Waals surface area (Å²) in [5, 5.41) is 0. The largest absolute Gasteiger partial charge is 0.330 e. The second kappa shape index (κ2) is 15.4. The Hall–Kier alpha value is -0.890. The monoisotopic (exact) mass is 348 g/mol. The Bertz CT molecular complexity index is 393. The minimum absolute atomic E-state index is 0.795. The summed E-state index contributed by atoms with van der Waals surface area (Å²) in [6.07, 6.45) is 12.3. The molecule has 0 aliphatic rings. The van der Waals surface area contributed by atoms with Crippen molar-refractivity contribution < 1.29 is 0 Å². The quantitative estimate of drug-likeness (QED) is 0.492. The summed E-state index contributed by atoms with van der Waals surface area (Å²) in [5.74, 6) is 2.56. The van der Waals surface area contributed by atoms with E-state index in [1.54, 1.807) is 0 Å². The molecule has 0 saturated heterocycles. The zero-order chi connectivity index (χ0) is 19.1. The molecule has 2 heteroatoms. The average molecular weight is 349 g/mol. The van der Waals surface area contributed by atoms with Gasteiger partial charge in [-0.25, -0.2) is 0 Å². The maximum atomic E-state index is 5.62. The van der Waals surface area contributed by atoms with Gasteiger partial charge in [-0.05, 0) is 62.1 Å². The van der Waals surface area contributed by atoms with Gasteiger partial charge in [-0.15, -0.1) is 0 Å². The van der Waals surface area contributed by atoms with Crippen LogP contribution in [-0.2, 0) is 6.42 Å². The lowest BCUT2D eigenvalue weighted by Crippen LogP contribution is -2.21. The van der Waals surface area contributed by atoms with Crippen molar-refractivity contribution in [2.45, 2.75) is 92.9 Å². The van der Waals surface area contributed by atoms with Gasteiger partial charge in [-0.1, -0.05) is 72.8 Å². The Morgan fingerprint density at radius 1 is 0.960 bits per heavy atom. The third-order valence-corrected chi connectivity index (χ3v) is 5.37. The topological polar surface area (TPSA) is 38.9 Å². The Labute approximate surface area is 158 Å². The van der Waals surface area contributed by atoms with Gasteiger partial charge in [0.15, 0.2) is 0 Å². The van der Waals surface area contributed by atoms with Gasteiger partial charge in [0.25, 0.3) is 0 Å². The lowest BCUT2D eigenvalue weighted by atomic mass is 9.78. The molecule has 1 rings (SSSR count). The fourth-order valence-electron chi connectivity index (χ4n) is 3.43. The van der Waals surface area contributed by atoms with E-state index in [0.29, 0.717) is 0 Å². The van der Waals surface area contributed by atoms with Gasteiger partial charge in [-0.2, -0.15) is 0 Å². The van der Waals surface area contributed by atoms with Crippen molar-refractivity contribution in [1.82, 2.24) is 4.98 Å². The average Bonchev–Trinajstić information content (AvgIpc) is 2.61. The molecule has 25 heavy (non-hydrogen) atoms. The zero-order valence-corrected chi connectivity index (χ0v) is 17.9. The van der Waals surface area contributed by atoms with Crippen LogP contribution in [0.2, 0.25) is 0 Å². The predicted molar refractivity (Wildman–Crippen MR) is 113 cm³/mol. The predicted octanol–water partition coefficient (Wildman–Crippen LogP) is 6.56. The van der Waals surface area contributed by atoms with Crippen molar-refractivity contribution in [2.24, 2.45) is 23.5 Å². The third kappa shape index (κ3) is 11.4. The number of aryl methyl sites for hydroxylation is 2. The van der Waals surface area contributed by atoms with Crippen molar-refractivity contribution in [3.63, 3.8) is 0 Å². The van der Waals surface area contributed by atoms with E-state index >= 15 is 0 Å². The van der Waals surface area contributed by atoms with Crippen LogP contribution in [0.3, 0.4) is 0 Å². The van der Waals surface area contributed by atoms with Gasteiger partial charge in [-0.3, -0.25) is 4.98 Å². The molecule has 0 bridgehead atoms. The number of nitrogens with two attached hydrogens (primary N) is 1. The summed E-state index contributed by atoms with van der Waals surface area (Å²) in [5.41, 5.74) is 8.08. The minimum atomic E-state index is 0.795. The first-order valence-electron chi connectivity index (χ1n) is 10.6. The molecule has 1 aromatic rings. The van der Waals surface area contributed by atoms with Gasteiger partial charge in [0.05, 0.1) is 0 Å². The van der Waals surface area contributed by atoms with Crippen molar-refractivity contribution >= 4 is 0 Å². The molecular weight excluding hydrogens is 304 g/mol. The molecule has 0 radical (unpaired) electrons. The van der Waals surface area contributed by atoms with Gasteiger partial charge in [0.1, 0.15) is 0 Å². The summed E-state index contributed by atoms with van der Waals surface area (Å²) in [4.78, 5) is 4.23. The number of rotatable bonds is 11. The van der Waals surface area contributed by atoms with Crippen LogP contribution in [0, 0.1) is 24.7 Å². The van der Waals surface area contributed by atoms with E-state index in [4.69, 9.17) is 5.73 Å². The molecule has 2 nitrogen and oxygen atoms in total. The molecule has 1 heterocycles. The van der Waals surface area contributed by atoms with Crippen molar-refractivity contribution in [2.75, 3.05) is 6.54 Å². The number of unbranched alkanes of at least 4 members (excludes halogenated alkanes) is 1. The Kier molecular flexibility index (Phi) is 14.8. The number of aromatic nitrogens is 1. The molecule has 0 aliphatic carbocycles. The highest BCUT2D eigenvalue weighted by atomic mass is 14.6. The molecule has 0 fully saturated rings. The normalized spacial score (nSPS) is 13.3. The van der Waals surface area contributed by atoms with Crippen molar-refractivity contribution in [3.8, 4) is 0 Å². The zero-order valence-electron chi connectivity index (χ0n) is 17.9. The van der Waals surface area contributed by atoms with Crippen LogP contribution in [-0.4, -0.2) is 11.5 Å². The summed E-state index contributed by atoms with van der Waals surface area (Å²) < 4.78 is 0. The molecule has 0 saturated carbocycles. The highest BCUT2D eigenvalue weighted by molar-refractivity contribution is 5.12. The minimum Gasteiger partial charge on any atom is -0.330 e. The number of hydrogen-bond acceptors (Lipinski definition) is 2. The SMILES string of the molecule is CCCC(CCC)C(C)C(C)CCN.CCCCc1ccc(C)nc1. The summed E-state index contributed by atoms with van der Waals surface area (Å²) in [7, 11) is 0. The van der Waals surface area contributed by atoms with E-state index in [2.05, 4.69) is 51.7 Å². The lowest BCUT2D eigenvalue weighted by Gasteiger charge is -2.28. The second-order valence-corrected chi connectivity index (χ2v) is 7.66. The molecule has 1 aromatic heterocycles. The van der Waals surface area contributed by atoms with Crippen molar-refractivity contribution in [1.29, 1.82) is 0 Å². The molecule has 0 spiro atoms. The fourth-order valence-corrected chi connectivity index (χ4v) is 3.43. The van der Waals surface area contributed by atoms with Gasteiger partial charge in [0, 0.05) is 11.9 Å². The molecule has 2 atom stereocenters. The molecule has 0 aromatic carbocycles. The smallest absolute Gasteiger partial charge is 0.0372 e. The van der Waals surface area contributed by atoms with Crippen LogP contribution in [0.5, 0.6) is 0 Å². The van der Waals surface area contributed by atoms with E-state index in [9.17, 15) is 0 Å². The molecule has 146 valence electrons. The van der Waals surface area contributed by atoms with Gasteiger partial charge < -0.3 is 5.73 Å². The first-order valence-corrected chi connectivity index (χ1v) is 10.6. The van der Waals surface area contributed by atoms with E-state index in [1.165, 1.54) is 56.9 Å². The Morgan fingerprint density at radius 3 is 2.04 bits per heavy atom. The standard InChI is InChI=1S/C13H29N.C10H15N/c1-5-7-13(8-6-2)12(4)11(3)9-10-14;1-3-4-5-10-7-6-9(2)11-8-10/h11-13H,5-10,14H2,1-4H3;6-8H,3-5H2,1-2H3. The van der Waals surface area contributed by atoms with E-state index in [1.807, 2.05) is 13.1 Å². The van der Waals surface area contributed by atoms with Crippen LogP contribution in [0.1, 0.15) is 90.8 Å². The lowest BCUT2D eigenvalue weighted by molar-refractivity contribution is 0.225. The highest BCUT2D eigenvalue weighted by Gasteiger charge is 2.20. The van der Waals surface area contributed by atoms with Gasteiger partial charge in [0.2, 0.25) is 0 Å². The van der Waals surface area contributed by atoms with Crippen LogP contribution >= 0.6 is 0 Å². The fraction of sp³-hybridized carbons (Fsp3) is 0.783. The van der Waals surface area contributed by atoms with E-state index in [-0.39, 0.29) is 0 Å². The number of nitrogens with zero attached hydrogens (tertiary/aromatic N) is 1. The first-order chi connectivity index (χ1) is 12.0. The molecule has 2 unspecified atom stereocenters.